The van der Waals surface area contributed by atoms with Crippen molar-refractivity contribution in [3.63, 3.8) is 0 Å². The van der Waals surface area contributed by atoms with E-state index in [1.165, 1.54) is 261 Å². The van der Waals surface area contributed by atoms with Crippen molar-refractivity contribution in [3.05, 3.63) is 86.0 Å². The molecule has 2 aromatic carbocycles. The van der Waals surface area contributed by atoms with Gasteiger partial charge in [0.05, 0.1) is 0 Å². The fourth-order valence-electron chi connectivity index (χ4n) is 11.4. The molecule has 0 saturated heterocycles. The topological polar surface area (TPSA) is 43.8 Å². The molecule has 446 valence electrons. The van der Waals surface area contributed by atoms with E-state index < -0.39 is 0 Å². The molecule has 0 bridgehead atoms. The quantitative estimate of drug-likeness (QED) is 0.0376. The molecule has 2 aromatic rings. The third-order valence-electron chi connectivity index (χ3n) is 16.3. The Morgan fingerprint density at radius 1 is 0.325 bits per heavy atom. The fraction of sp³-hybridized carbons (Fsp3) is 0.778. The number of aryl methyl sites for hydroxylation is 4. The van der Waals surface area contributed by atoms with Gasteiger partial charge >= 0.3 is 75.6 Å². The van der Waals surface area contributed by atoms with Crippen LogP contribution < -0.4 is 0 Å². The molecule has 0 unspecified atom stereocenters. The Morgan fingerprint density at radius 3 is 0.935 bits per heavy atom. The summed E-state index contributed by atoms with van der Waals surface area (Å²) in [5.74, 6) is 0. The Bertz CT molecular complexity index is 1740. The molecule has 5 heteroatoms. The van der Waals surface area contributed by atoms with Crippen LogP contribution in [0.3, 0.4) is 0 Å². The van der Waals surface area contributed by atoms with Crippen LogP contribution in [-0.4, -0.2) is 17.9 Å². The zero-order valence-electron chi connectivity index (χ0n) is 52.6. The zero-order chi connectivity index (χ0) is 55.8. The van der Waals surface area contributed by atoms with Gasteiger partial charge < -0.3 is 5.53 Å². The van der Waals surface area contributed by atoms with Crippen LogP contribution in [0, 0.1) is 0 Å². The van der Waals surface area contributed by atoms with E-state index in [-0.39, 0.29) is 0 Å². The third-order valence-corrected chi connectivity index (χ3v) is 16.9. The summed E-state index contributed by atoms with van der Waals surface area (Å²) in [6.07, 6.45) is 60.1. The molecule has 0 aliphatic carbocycles. The van der Waals surface area contributed by atoms with Crippen molar-refractivity contribution in [2.24, 2.45) is 0 Å². The van der Waals surface area contributed by atoms with Gasteiger partial charge in [0.2, 0.25) is 11.4 Å². The Labute approximate surface area is 486 Å². The van der Waals surface area contributed by atoms with Crippen molar-refractivity contribution in [1.29, 1.82) is 0 Å². The van der Waals surface area contributed by atoms with Gasteiger partial charge in [0.25, 0.3) is 0 Å². The van der Waals surface area contributed by atoms with E-state index in [0.29, 0.717) is 0 Å². The molecule has 1 aliphatic heterocycles. The second-order valence-corrected chi connectivity index (χ2v) is 24.1. The van der Waals surface area contributed by atoms with Gasteiger partial charge in [-0.25, -0.2) is 4.70 Å². The molecule has 0 fully saturated rings. The van der Waals surface area contributed by atoms with Crippen LogP contribution in [0.2, 0.25) is 0 Å². The molecule has 0 spiro atoms. The molecule has 1 aliphatic rings. The van der Waals surface area contributed by atoms with Crippen LogP contribution in [0.4, 0.5) is 0 Å². The molecular weight excluding hydrogens is 983 g/mol. The van der Waals surface area contributed by atoms with Crippen LogP contribution in [0.15, 0.2) is 35.9 Å². The summed E-state index contributed by atoms with van der Waals surface area (Å²) in [7, 11) is 0. The molecule has 0 radical (unpaired) electrons. The van der Waals surface area contributed by atoms with Crippen LogP contribution in [-0.2, 0) is 61.4 Å². The second kappa shape index (κ2) is 49.7. The number of unbranched alkanes of at least 4 members (excludes halogenated alkanes) is 29. The monoisotopic (exact) mass is 1110 g/mol. The predicted octanol–water partition coefficient (Wildman–Crippen LogP) is 24.1. The fourth-order valence-corrected chi connectivity index (χ4v) is 11.9. The van der Waals surface area contributed by atoms with E-state index in [1.54, 1.807) is 38.1 Å². The maximum absolute atomic E-state index is 12.8. The SMILES string of the molecule is CCCCCCCCCCCCCCCCCCC1=C(c2cc(CCCCC)c(CCCCC)c(CCCCC)c2)[N+](=[N-])C(c2cc(CCCCC)c(CCCCC)c(CCCCC)c2)=C1.CCCC[O][Ni][O]CCCC. The molecule has 0 amide bonds. The summed E-state index contributed by atoms with van der Waals surface area (Å²) in [6.45, 7) is 22.2. The molecule has 1 heterocycles. The van der Waals surface area contributed by atoms with Gasteiger partial charge in [-0.15, -0.1) is 0 Å². The van der Waals surface area contributed by atoms with Crippen LogP contribution in [0.1, 0.15) is 357 Å². The van der Waals surface area contributed by atoms with Gasteiger partial charge in [0.1, 0.15) is 0 Å². The summed E-state index contributed by atoms with van der Waals surface area (Å²) in [5, 5.41) is 0. The Kier molecular flexibility index (Phi) is 45.9. The third kappa shape index (κ3) is 31.7. The Morgan fingerprint density at radius 2 is 0.597 bits per heavy atom. The number of nitrogens with zero attached hydrogens (tertiary/aromatic N) is 2. The molecule has 77 heavy (non-hydrogen) atoms. The molecule has 4 nitrogen and oxygen atoms in total. The number of allylic oxidation sites excluding steroid dienone is 2. The standard InChI is InChI=1S/C64H108N2.2C4H9O.Ni/c1-8-15-22-23-24-25-26-27-28-29-30-31-32-33-34-41-46-58-53-63(59-49-54(42-35-16-9-2)61(47-39-20-13-6)55(50-59)43-36-17-10-3)66(65)64(58)60-51-56(44-37-18-11-4)62(48-40-21-14-7)57(52-60)45-38-19-12-5;2*1-2-3-4-5;/h49-53H,8-48H2,1-7H3;2*2-4H2,1H3;/q;2*-1;+2. The first-order valence-corrected chi connectivity index (χ1v) is 34.8. The molecule has 0 aromatic heterocycles. The minimum absolute atomic E-state index is 0.808. The van der Waals surface area contributed by atoms with Crippen molar-refractivity contribution in [3.8, 4) is 0 Å². The van der Waals surface area contributed by atoms with Crippen molar-refractivity contribution < 1.29 is 27.5 Å². The summed E-state index contributed by atoms with van der Waals surface area (Å²) in [5.41, 5.74) is 28.2. The summed E-state index contributed by atoms with van der Waals surface area (Å²) < 4.78 is 11.9. The number of hydrogen-bond donors (Lipinski definition) is 0. The molecule has 0 atom stereocenters. The first kappa shape index (κ1) is 71.0. The molecular formula is C72H126N2NiO2. The predicted molar refractivity (Wildman–Crippen MR) is 337 cm³/mol. The second-order valence-electron chi connectivity index (χ2n) is 23.4. The van der Waals surface area contributed by atoms with Crippen molar-refractivity contribution >= 4 is 11.4 Å². The number of benzene rings is 2. The van der Waals surface area contributed by atoms with E-state index in [1.807, 2.05) is 0 Å². The van der Waals surface area contributed by atoms with Gasteiger partial charge in [-0.2, -0.15) is 0 Å². The van der Waals surface area contributed by atoms with Gasteiger partial charge in [-0.05, 0) is 148 Å². The van der Waals surface area contributed by atoms with Gasteiger partial charge in [0.15, 0.2) is 0 Å². The van der Waals surface area contributed by atoms with Gasteiger partial charge in [0, 0.05) is 22.8 Å². The van der Waals surface area contributed by atoms with Crippen LogP contribution >= 0.6 is 0 Å². The minimum atomic E-state index is 0.808. The average molecular weight is 1110 g/mol. The van der Waals surface area contributed by atoms with E-state index >= 15 is 0 Å². The number of rotatable bonds is 51. The van der Waals surface area contributed by atoms with Crippen LogP contribution in [0.25, 0.3) is 16.9 Å². The van der Waals surface area contributed by atoms with Crippen LogP contribution in [0.5, 0.6) is 0 Å². The molecule has 0 N–H and O–H groups in total. The summed E-state index contributed by atoms with van der Waals surface area (Å²) >= 11 is 0.968. The average Bonchev–Trinajstić information content (AvgIpc) is 3.78. The first-order chi connectivity index (χ1) is 37.9. The van der Waals surface area contributed by atoms with Gasteiger partial charge in [-0.3, -0.25) is 0 Å². The van der Waals surface area contributed by atoms with E-state index in [2.05, 4.69) is 92.7 Å². The molecule has 0 saturated carbocycles. The zero-order valence-corrected chi connectivity index (χ0v) is 53.6. The van der Waals surface area contributed by atoms with Gasteiger partial charge in [-0.1, -0.05) is 222 Å². The summed E-state index contributed by atoms with van der Waals surface area (Å²) in [6, 6.07) is 10.1. The van der Waals surface area contributed by atoms with Crippen molar-refractivity contribution in [1.82, 2.24) is 0 Å². The number of hydrogen-bond acceptors (Lipinski definition) is 2. The Hall–Kier alpha value is -2.07. The van der Waals surface area contributed by atoms with E-state index in [4.69, 9.17) is 7.76 Å². The van der Waals surface area contributed by atoms with Crippen molar-refractivity contribution in [2.75, 3.05) is 13.2 Å². The first-order valence-electron chi connectivity index (χ1n) is 34.0. The summed E-state index contributed by atoms with van der Waals surface area (Å²) in [4.78, 5) is 0. The normalized spacial score (nSPS) is 12.6. The van der Waals surface area contributed by atoms with Crippen molar-refractivity contribution in [2.45, 2.75) is 351 Å². The Balaban J connectivity index is 0.00000165. The van der Waals surface area contributed by atoms with E-state index in [9.17, 15) is 5.53 Å². The molecule has 3 rings (SSSR count). The van der Waals surface area contributed by atoms with E-state index in [0.717, 1.165) is 84.6 Å². The maximum atomic E-state index is 12.8.